The van der Waals surface area contributed by atoms with E-state index in [1.54, 1.807) is 7.11 Å². The monoisotopic (exact) mass is 380 g/mol. The molecule has 8 heteroatoms. The molecule has 1 amide bonds. The number of para-hydroxylation sites is 1. The molecule has 0 spiro atoms. The number of nitrogens with zero attached hydrogens (tertiary/aromatic N) is 1. The number of carbonyl (C=O) groups is 1. The van der Waals surface area contributed by atoms with Gasteiger partial charge in [-0.05, 0) is 42.3 Å². The Bertz CT molecular complexity index is 854. The fourth-order valence-electron chi connectivity index (χ4n) is 2.44. The molecule has 0 aliphatic heterocycles. The van der Waals surface area contributed by atoms with Gasteiger partial charge in [-0.2, -0.15) is 0 Å². The lowest BCUT2D eigenvalue weighted by molar-refractivity contribution is -0.119. The second-order valence-electron chi connectivity index (χ2n) is 5.66. The van der Waals surface area contributed by atoms with Crippen LogP contribution in [0.15, 0.2) is 48.5 Å². The van der Waals surface area contributed by atoms with Crippen LogP contribution in [0.2, 0.25) is 0 Å². The molecule has 0 saturated carbocycles. The molecule has 0 radical (unpaired) electrons. The molecule has 0 atom stereocenters. The number of hydrogen-bond acceptors (Lipinski definition) is 4. The summed E-state index contributed by atoms with van der Waals surface area (Å²) in [6, 6.07) is 12.4. The molecule has 0 saturated heterocycles. The highest BCUT2D eigenvalue weighted by Crippen LogP contribution is 2.18. The van der Waals surface area contributed by atoms with Crippen LogP contribution >= 0.6 is 0 Å². The van der Waals surface area contributed by atoms with Crippen LogP contribution in [0.25, 0.3) is 0 Å². The van der Waals surface area contributed by atoms with Crippen LogP contribution in [0.5, 0.6) is 5.75 Å². The largest absolute Gasteiger partial charge is 0.496 e. The van der Waals surface area contributed by atoms with Crippen LogP contribution in [-0.4, -0.2) is 40.8 Å². The SMILES string of the molecule is COc1ccccc1CCNC(=O)CN(c1ccc(F)cc1)S(C)(=O)=O. The number of amides is 1. The van der Waals surface area contributed by atoms with E-state index in [0.29, 0.717) is 13.0 Å². The van der Waals surface area contributed by atoms with Gasteiger partial charge in [0.05, 0.1) is 19.1 Å². The first-order chi connectivity index (χ1) is 12.3. The summed E-state index contributed by atoms with van der Waals surface area (Å²) in [5.74, 6) is -0.205. The van der Waals surface area contributed by atoms with E-state index in [4.69, 9.17) is 4.74 Å². The molecule has 6 nitrogen and oxygen atoms in total. The normalized spacial score (nSPS) is 11.0. The molecule has 0 bridgehead atoms. The molecule has 0 aliphatic rings. The summed E-state index contributed by atoms with van der Waals surface area (Å²) in [7, 11) is -2.11. The molecule has 0 aromatic heterocycles. The Balaban J connectivity index is 1.98. The summed E-state index contributed by atoms with van der Waals surface area (Å²) in [5.41, 5.74) is 1.17. The quantitative estimate of drug-likeness (QED) is 0.760. The van der Waals surface area contributed by atoms with Gasteiger partial charge in [0, 0.05) is 6.54 Å². The molecule has 2 aromatic rings. The molecule has 0 heterocycles. The average molecular weight is 380 g/mol. The number of nitrogens with one attached hydrogen (secondary N) is 1. The van der Waals surface area contributed by atoms with Gasteiger partial charge < -0.3 is 10.1 Å². The van der Waals surface area contributed by atoms with Gasteiger partial charge in [-0.25, -0.2) is 12.8 Å². The van der Waals surface area contributed by atoms with Crippen LogP contribution in [0.4, 0.5) is 10.1 Å². The van der Waals surface area contributed by atoms with Crippen molar-refractivity contribution in [2.24, 2.45) is 0 Å². The summed E-state index contributed by atoms with van der Waals surface area (Å²) in [4.78, 5) is 12.2. The highest BCUT2D eigenvalue weighted by Gasteiger charge is 2.20. The number of anilines is 1. The second kappa shape index (κ2) is 8.66. The molecule has 0 aliphatic carbocycles. The Morgan fingerprint density at radius 2 is 1.81 bits per heavy atom. The first-order valence-corrected chi connectivity index (χ1v) is 9.78. The molecule has 1 N–H and O–H groups in total. The maximum atomic E-state index is 13.0. The number of benzene rings is 2. The zero-order chi connectivity index (χ0) is 19.2. The fourth-order valence-corrected chi connectivity index (χ4v) is 3.30. The maximum absolute atomic E-state index is 13.0. The maximum Gasteiger partial charge on any atom is 0.240 e. The molecule has 0 unspecified atom stereocenters. The predicted octanol–water partition coefficient (Wildman–Crippen LogP) is 1.96. The lowest BCUT2D eigenvalue weighted by Crippen LogP contribution is -2.41. The number of sulfonamides is 1. The number of methoxy groups -OCH3 is 1. The highest BCUT2D eigenvalue weighted by molar-refractivity contribution is 7.92. The minimum absolute atomic E-state index is 0.230. The third-order valence-electron chi connectivity index (χ3n) is 3.71. The summed E-state index contributed by atoms with van der Waals surface area (Å²) in [5, 5.41) is 2.69. The second-order valence-corrected chi connectivity index (χ2v) is 7.56. The average Bonchev–Trinajstić information content (AvgIpc) is 2.60. The van der Waals surface area contributed by atoms with Gasteiger partial charge in [0.15, 0.2) is 0 Å². The van der Waals surface area contributed by atoms with Gasteiger partial charge >= 0.3 is 0 Å². The minimum Gasteiger partial charge on any atom is -0.496 e. The minimum atomic E-state index is -3.68. The third-order valence-corrected chi connectivity index (χ3v) is 4.85. The topological polar surface area (TPSA) is 75.7 Å². The van der Waals surface area contributed by atoms with E-state index in [2.05, 4.69) is 5.32 Å². The summed E-state index contributed by atoms with van der Waals surface area (Å²) in [6.07, 6.45) is 1.55. The molecule has 0 fully saturated rings. The predicted molar refractivity (Wildman–Crippen MR) is 98.3 cm³/mol. The number of carbonyl (C=O) groups excluding carboxylic acids is 1. The van der Waals surface area contributed by atoms with E-state index >= 15 is 0 Å². The van der Waals surface area contributed by atoms with Crippen molar-refractivity contribution < 1.29 is 22.3 Å². The van der Waals surface area contributed by atoms with Crippen molar-refractivity contribution in [3.05, 3.63) is 59.9 Å². The fraction of sp³-hybridized carbons (Fsp3) is 0.278. The Morgan fingerprint density at radius 3 is 2.42 bits per heavy atom. The van der Waals surface area contributed by atoms with E-state index < -0.39 is 21.7 Å². The van der Waals surface area contributed by atoms with Crippen molar-refractivity contribution in [3.8, 4) is 5.75 Å². The zero-order valence-corrected chi connectivity index (χ0v) is 15.4. The van der Waals surface area contributed by atoms with Crippen LogP contribution in [0.1, 0.15) is 5.56 Å². The van der Waals surface area contributed by atoms with Crippen LogP contribution in [-0.2, 0) is 21.2 Å². The Hall–Kier alpha value is -2.61. The standard InChI is InChI=1S/C18H21FN2O4S/c1-25-17-6-4-3-5-14(17)11-12-20-18(22)13-21(26(2,23)24)16-9-7-15(19)8-10-16/h3-10H,11-13H2,1-2H3,(H,20,22). The van der Waals surface area contributed by atoms with Crippen molar-refractivity contribution in [1.29, 1.82) is 0 Å². The molecule has 140 valence electrons. The van der Waals surface area contributed by atoms with Crippen molar-refractivity contribution in [1.82, 2.24) is 5.32 Å². The lowest BCUT2D eigenvalue weighted by Gasteiger charge is -2.21. The van der Waals surface area contributed by atoms with Gasteiger partial charge in [0.25, 0.3) is 0 Å². The van der Waals surface area contributed by atoms with Gasteiger partial charge in [-0.3, -0.25) is 9.10 Å². The smallest absolute Gasteiger partial charge is 0.240 e. The Morgan fingerprint density at radius 1 is 1.15 bits per heavy atom. The zero-order valence-electron chi connectivity index (χ0n) is 14.6. The van der Waals surface area contributed by atoms with Gasteiger partial charge in [0.1, 0.15) is 18.1 Å². The first-order valence-electron chi connectivity index (χ1n) is 7.93. The van der Waals surface area contributed by atoms with Crippen molar-refractivity contribution in [2.75, 3.05) is 30.8 Å². The van der Waals surface area contributed by atoms with E-state index in [9.17, 15) is 17.6 Å². The number of halogens is 1. The molecular weight excluding hydrogens is 359 g/mol. The third kappa shape index (κ3) is 5.45. The lowest BCUT2D eigenvalue weighted by atomic mass is 10.1. The van der Waals surface area contributed by atoms with Crippen LogP contribution in [0, 0.1) is 5.82 Å². The van der Waals surface area contributed by atoms with Gasteiger partial charge in [0.2, 0.25) is 15.9 Å². The first kappa shape index (κ1) is 19.7. The van der Waals surface area contributed by atoms with Gasteiger partial charge in [-0.1, -0.05) is 18.2 Å². The highest BCUT2D eigenvalue weighted by atomic mass is 32.2. The molecule has 2 rings (SSSR count). The van der Waals surface area contributed by atoms with E-state index in [1.807, 2.05) is 24.3 Å². The van der Waals surface area contributed by atoms with Crippen LogP contribution < -0.4 is 14.4 Å². The molecule has 26 heavy (non-hydrogen) atoms. The molecule has 2 aromatic carbocycles. The summed E-state index contributed by atoms with van der Waals surface area (Å²) >= 11 is 0. The summed E-state index contributed by atoms with van der Waals surface area (Å²) < 4.78 is 43.2. The number of hydrogen-bond donors (Lipinski definition) is 1. The van der Waals surface area contributed by atoms with Crippen molar-refractivity contribution >= 4 is 21.6 Å². The Kier molecular flexibility index (Phi) is 6.57. The van der Waals surface area contributed by atoms with Gasteiger partial charge in [-0.15, -0.1) is 0 Å². The Labute approximate surface area is 152 Å². The number of rotatable bonds is 8. The van der Waals surface area contributed by atoms with Crippen LogP contribution in [0.3, 0.4) is 0 Å². The van der Waals surface area contributed by atoms with Crippen molar-refractivity contribution in [3.63, 3.8) is 0 Å². The summed E-state index contributed by atoms with van der Waals surface area (Å²) in [6.45, 7) is -0.0450. The van der Waals surface area contributed by atoms with E-state index in [1.165, 1.54) is 12.1 Å². The molecular formula is C18H21FN2O4S. The van der Waals surface area contributed by atoms with E-state index in [-0.39, 0.29) is 12.2 Å². The number of ether oxygens (including phenoxy) is 1. The van der Waals surface area contributed by atoms with E-state index in [0.717, 1.165) is 34.0 Å². The van der Waals surface area contributed by atoms with Crippen molar-refractivity contribution in [2.45, 2.75) is 6.42 Å².